The molecule has 10 nitrogen and oxygen atoms in total. The molecule has 7 atom stereocenters. The van der Waals surface area contributed by atoms with Crippen molar-refractivity contribution >= 4 is 23.7 Å². The van der Waals surface area contributed by atoms with Gasteiger partial charge in [-0.2, -0.15) is 0 Å². The lowest BCUT2D eigenvalue weighted by molar-refractivity contribution is -0.142. The molecule has 232 valence electrons. The number of ketones is 1. The Morgan fingerprint density at radius 3 is 2.34 bits per heavy atom. The molecule has 1 heterocycles. The van der Waals surface area contributed by atoms with Crippen LogP contribution in [0, 0.1) is 29.1 Å². The average molecular weight is 577 g/mol. The highest BCUT2D eigenvalue weighted by Crippen LogP contribution is 2.65. The normalized spacial score (nSPS) is 26.7. The quantitative estimate of drug-likeness (QED) is 0.184. The van der Waals surface area contributed by atoms with Gasteiger partial charge >= 0.3 is 6.09 Å². The van der Waals surface area contributed by atoms with Crippen LogP contribution in [0.2, 0.25) is 0 Å². The number of amides is 3. The van der Waals surface area contributed by atoms with E-state index in [1.165, 1.54) is 6.08 Å². The number of aliphatic hydroxyl groups is 1. The van der Waals surface area contributed by atoms with Crippen molar-refractivity contribution in [3.05, 3.63) is 12.7 Å². The number of ether oxygens (including phenoxy) is 1. The highest BCUT2D eigenvalue weighted by molar-refractivity contribution is 6.38. The van der Waals surface area contributed by atoms with E-state index >= 15 is 0 Å². The van der Waals surface area contributed by atoms with Gasteiger partial charge in [0.2, 0.25) is 11.7 Å². The Labute approximate surface area is 245 Å². The summed E-state index contributed by atoms with van der Waals surface area (Å²) in [5.74, 6) is -1.43. The summed E-state index contributed by atoms with van der Waals surface area (Å²) in [5, 5.41) is 20.2. The highest BCUT2D eigenvalue weighted by Gasteiger charge is 2.69. The van der Waals surface area contributed by atoms with E-state index in [0.29, 0.717) is 19.4 Å². The lowest BCUT2D eigenvalue weighted by Gasteiger charge is -2.41. The molecule has 0 aromatic heterocycles. The SMILES string of the molecule is C=CCNC(=O)C(=O)C(CCC)NC(=O)C1C2C(CN1C(O)C(NC(=O)OC(C)C(C)C)C1CCCCC1)C2(C)C. The van der Waals surface area contributed by atoms with Crippen LogP contribution < -0.4 is 16.0 Å². The van der Waals surface area contributed by atoms with Crippen LogP contribution in [0.1, 0.15) is 86.5 Å². The summed E-state index contributed by atoms with van der Waals surface area (Å²) in [5.41, 5.74) is -0.0940. The first-order chi connectivity index (χ1) is 19.3. The van der Waals surface area contributed by atoms with Crippen molar-refractivity contribution < 1.29 is 29.0 Å². The van der Waals surface area contributed by atoms with Gasteiger partial charge in [0.05, 0.1) is 18.1 Å². The average Bonchev–Trinajstić information content (AvgIpc) is 3.25. The van der Waals surface area contributed by atoms with Gasteiger partial charge in [0.15, 0.2) is 0 Å². The summed E-state index contributed by atoms with van der Waals surface area (Å²) in [6, 6.07) is -2.25. The van der Waals surface area contributed by atoms with E-state index in [1.807, 2.05) is 27.7 Å². The van der Waals surface area contributed by atoms with Gasteiger partial charge in [0.25, 0.3) is 5.91 Å². The van der Waals surface area contributed by atoms with Crippen molar-refractivity contribution in [1.29, 1.82) is 0 Å². The van der Waals surface area contributed by atoms with Crippen molar-refractivity contribution in [1.82, 2.24) is 20.9 Å². The Morgan fingerprint density at radius 1 is 1.10 bits per heavy atom. The fraction of sp³-hybridized carbons (Fsp3) is 0.806. The number of piperidine rings is 1. The van der Waals surface area contributed by atoms with Gasteiger partial charge in [0, 0.05) is 13.1 Å². The molecule has 41 heavy (non-hydrogen) atoms. The highest BCUT2D eigenvalue weighted by atomic mass is 16.6. The summed E-state index contributed by atoms with van der Waals surface area (Å²) in [6.45, 7) is 16.1. The molecule has 3 aliphatic rings. The second kappa shape index (κ2) is 14.1. The zero-order valence-electron chi connectivity index (χ0n) is 25.8. The summed E-state index contributed by atoms with van der Waals surface area (Å²) in [6.07, 6.45) is 5.37. The number of carbonyl (C=O) groups is 4. The Hall–Kier alpha value is -2.46. The fourth-order valence-corrected chi connectivity index (χ4v) is 6.73. The number of nitrogens with one attached hydrogen (secondary N) is 3. The van der Waals surface area contributed by atoms with Crippen LogP contribution in [-0.2, 0) is 19.1 Å². The molecule has 0 aromatic carbocycles. The number of aliphatic hydroxyl groups excluding tert-OH is 1. The van der Waals surface area contributed by atoms with E-state index in [0.717, 1.165) is 32.1 Å². The van der Waals surface area contributed by atoms with Crippen LogP contribution in [0.4, 0.5) is 4.79 Å². The van der Waals surface area contributed by atoms with E-state index in [9.17, 15) is 24.3 Å². The smallest absolute Gasteiger partial charge is 0.407 e. The van der Waals surface area contributed by atoms with Crippen LogP contribution in [0.3, 0.4) is 0 Å². The third-order valence-corrected chi connectivity index (χ3v) is 9.69. The van der Waals surface area contributed by atoms with Crippen molar-refractivity contribution in [2.24, 2.45) is 29.1 Å². The first kappa shape index (κ1) is 33.0. The maximum absolute atomic E-state index is 13.9. The molecule has 3 fully saturated rings. The van der Waals surface area contributed by atoms with Gasteiger partial charge in [0.1, 0.15) is 12.3 Å². The number of likely N-dealkylation sites (tertiary alicyclic amines) is 1. The summed E-state index contributed by atoms with van der Waals surface area (Å²) < 4.78 is 5.60. The minimum absolute atomic E-state index is 0.0101. The number of nitrogens with zero attached hydrogens (tertiary/aromatic N) is 1. The lowest BCUT2D eigenvalue weighted by Crippen LogP contribution is -2.61. The number of hydrogen-bond donors (Lipinski definition) is 4. The van der Waals surface area contributed by atoms with Gasteiger partial charge < -0.3 is 25.8 Å². The number of alkyl carbamates (subject to hydrolysis) is 1. The molecular formula is C31H52N4O6. The van der Waals surface area contributed by atoms with Crippen LogP contribution in [0.5, 0.6) is 0 Å². The topological polar surface area (TPSA) is 137 Å². The Bertz CT molecular complexity index is 962. The molecule has 0 bridgehead atoms. The van der Waals surface area contributed by atoms with E-state index in [2.05, 4.69) is 36.4 Å². The van der Waals surface area contributed by atoms with E-state index in [1.54, 1.807) is 4.90 Å². The molecule has 2 aliphatic carbocycles. The van der Waals surface area contributed by atoms with Gasteiger partial charge in [-0.3, -0.25) is 19.3 Å². The minimum atomic E-state index is -1.10. The van der Waals surface area contributed by atoms with Crippen LogP contribution in [0.15, 0.2) is 12.7 Å². The van der Waals surface area contributed by atoms with Gasteiger partial charge in [-0.1, -0.05) is 66.4 Å². The molecule has 0 aromatic rings. The number of Topliss-reactive ketones (excluding diaryl/α,β-unsaturated/α-hetero) is 1. The predicted molar refractivity (Wildman–Crippen MR) is 157 cm³/mol. The molecule has 0 radical (unpaired) electrons. The van der Waals surface area contributed by atoms with Crippen LogP contribution in [0.25, 0.3) is 0 Å². The van der Waals surface area contributed by atoms with E-state index in [-0.39, 0.29) is 47.6 Å². The Kier molecular flexibility index (Phi) is 11.4. The third-order valence-electron chi connectivity index (χ3n) is 9.69. The zero-order chi connectivity index (χ0) is 30.5. The number of rotatable bonds is 14. The molecule has 2 saturated carbocycles. The molecule has 1 saturated heterocycles. The zero-order valence-corrected chi connectivity index (χ0v) is 25.8. The molecule has 0 spiro atoms. The van der Waals surface area contributed by atoms with E-state index in [4.69, 9.17) is 4.74 Å². The summed E-state index contributed by atoms with van der Waals surface area (Å²) >= 11 is 0. The molecular weight excluding hydrogens is 524 g/mol. The Balaban J connectivity index is 1.82. The van der Waals surface area contributed by atoms with Crippen LogP contribution >= 0.6 is 0 Å². The van der Waals surface area contributed by atoms with Gasteiger partial charge in [-0.05, 0) is 55.3 Å². The molecule has 10 heteroatoms. The van der Waals surface area contributed by atoms with Crippen molar-refractivity contribution in [2.75, 3.05) is 13.1 Å². The minimum Gasteiger partial charge on any atom is -0.446 e. The third kappa shape index (κ3) is 7.69. The standard InChI is InChI=1S/C31H52N4O6/c1-8-13-22(26(36)28(38)32-16-9-2)33-27(37)25-23-21(31(23,6)7)17-35(25)29(39)24(20-14-11-10-12-15-20)34-30(40)41-19(5)18(3)4/h9,18-25,29,39H,2,8,10-17H2,1,3-7H3,(H,32,38)(H,33,37)(H,34,40). The lowest BCUT2D eigenvalue weighted by atomic mass is 9.82. The molecule has 7 unspecified atom stereocenters. The maximum Gasteiger partial charge on any atom is 0.407 e. The maximum atomic E-state index is 13.9. The van der Waals surface area contributed by atoms with Crippen molar-refractivity contribution in [3.63, 3.8) is 0 Å². The van der Waals surface area contributed by atoms with Crippen LogP contribution in [-0.4, -0.2) is 77.2 Å². The number of carbonyl (C=O) groups excluding carboxylic acids is 4. The monoisotopic (exact) mass is 576 g/mol. The summed E-state index contributed by atoms with van der Waals surface area (Å²) in [4.78, 5) is 53.9. The second-order valence-electron chi connectivity index (χ2n) is 13.1. The van der Waals surface area contributed by atoms with E-state index < -0.39 is 42.1 Å². The predicted octanol–water partition coefficient (Wildman–Crippen LogP) is 3.14. The van der Waals surface area contributed by atoms with Crippen molar-refractivity contribution in [3.8, 4) is 0 Å². The van der Waals surface area contributed by atoms with Gasteiger partial charge in [-0.25, -0.2) is 4.79 Å². The molecule has 3 rings (SSSR count). The van der Waals surface area contributed by atoms with Crippen molar-refractivity contribution in [2.45, 2.75) is 117 Å². The summed E-state index contributed by atoms with van der Waals surface area (Å²) in [7, 11) is 0. The molecule has 4 N–H and O–H groups in total. The number of fused-ring (bicyclic) bond motifs is 1. The first-order valence-corrected chi connectivity index (χ1v) is 15.5. The molecule has 1 aliphatic heterocycles. The second-order valence-corrected chi connectivity index (χ2v) is 13.1. The Morgan fingerprint density at radius 2 is 1.76 bits per heavy atom. The largest absolute Gasteiger partial charge is 0.446 e. The fourth-order valence-electron chi connectivity index (χ4n) is 6.73. The van der Waals surface area contributed by atoms with Gasteiger partial charge in [-0.15, -0.1) is 6.58 Å². The number of hydrogen-bond acceptors (Lipinski definition) is 7. The molecule has 3 amide bonds. The first-order valence-electron chi connectivity index (χ1n) is 15.5.